The molecule has 0 fully saturated rings. The third kappa shape index (κ3) is 3.87. The lowest BCUT2D eigenvalue weighted by molar-refractivity contribution is 0.0276. The van der Waals surface area contributed by atoms with E-state index in [1.54, 1.807) is 13.0 Å². The Kier molecular flexibility index (Phi) is 5.60. The van der Waals surface area contributed by atoms with Crippen LogP contribution >= 0.6 is 11.3 Å². The average Bonchev–Trinajstić information content (AvgIpc) is 3.37. The maximum Gasteiger partial charge on any atom is 0.342 e. The molecule has 0 bridgehead atoms. The van der Waals surface area contributed by atoms with Gasteiger partial charge in [-0.15, -0.1) is 21.5 Å². The summed E-state index contributed by atoms with van der Waals surface area (Å²) in [5.74, 6) is 1.09. The highest BCUT2D eigenvalue weighted by Crippen LogP contribution is 2.35. The van der Waals surface area contributed by atoms with Gasteiger partial charge in [0, 0.05) is 12.1 Å². The fourth-order valence-electron chi connectivity index (χ4n) is 2.36. The van der Waals surface area contributed by atoms with Gasteiger partial charge in [-0.05, 0) is 18.4 Å². The molecule has 0 unspecified atom stereocenters. The Morgan fingerprint density at radius 3 is 2.41 bits per heavy atom. The number of ether oxygens (including phenoxy) is 4. The molecule has 142 valence electrons. The number of esters is 1. The predicted octanol–water partition coefficient (Wildman–Crippen LogP) is 3.74. The van der Waals surface area contributed by atoms with Crippen LogP contribution < -0.4 is 14.2 Å². The molecular formula is C18H18N2O6S. The number of carbonyl (C=O) groups excluding carboxylic acids is 1. The molecule has 0 N–H and O–H groups in total. The maximum atomic E-state index is 12.6. The standard InChI is InChI=1S/C18H18N2O6S/c1-10(16-19-20-17(26-16)15-6-5-7-27-15)25-18(21)11-8-13(23-3)14(24-4)9-12(11)22-2/h5-10H,1-4H3/t10-/m1/s1. The predicted molar refractivity (Wildman–Crippen MR) is 97.5 cm³/mol. The van der Waals surface area contributed by atoms with Gasteiger partial charge in [0.25, 0.3) is 11.8 Å². The highest BCUT2D eigenvalue weighted by Gasteiger charge is 2.24. The molecule has 9 heteroatoms. The van der Waals surface area contributed by atoms with Crippen LogP contribution in [0.3, 0.4) is 0 Å². The summed E-state index contributed by atoms with van der Waals surface area (Å²) in [5, 5.41) is 9.85. The van der Waals surface area contributed by atoms with Gasteiger partial charge in [0.05, 0.1) is 26.2 Å². The lowest BCUT2D eigenvalue weighted by atomic mass is 10.1. The number of aromatic nitrogens is 2. The van der Waals surface area contributed by atoms with Crippen molar-refractivity contribution in [3.63, 3.8) is 0 Å². The number of hydrogen-bond donors (Lipinski definition) is 0. The van der Waals surface area contributed by atoms with Gasteiger partial charge in [0.15, 0.2) is 17.6 Å². The zero-order valence-corrected chi connectivity index (χ0v) is 16.0. The van der Waals surface area contributed by atoms with Crippen molar-refractivity contribution < 1.29 is 28.2 Å². The van der Waals surface area contributed by atoms with Crippen LogP contribution in [-0.2, 0) is 4.74 Å². The number of carbonyl (C=O) groups is 1. The van der Waals surface area contributed by atoms with Gasteiger partial charge in [-0.2, -0.15) is 0 Å². The van der Waals surface area contributed by atoms with E-state index in [9.17, 15) is 4.79 Å². The summed E-state index contributed by atoms with van der Waals surface area (Å²) in [6.45, 7) is 1.65. The first-order valence-electron chi connectivity index (χ1n) is 7.95. The minimum Gasteiger partial charge on any atom is -0.496 e. The van der Waals surface area contributed by atoms with E-state index >= 15 is 0 Å². The molecule has 1 aromatic carbocycles. The highest BCUT2D eigenvalue weighted by atomic mass is 32.1. The summed E-state index contributed by atoms with van der Waals surface area (Å²) in [6.07, 6.45) is -0.739. The number of thiophene rings is 1. The van der Waals surface area contributed by atoms with Crippen LogP contribution in [0.4, 0.5) is 0 Å². The molecule has 0 aliphatic rings. The molecule has 0 aliphatic carbocycles. The summed E-state index contributed by atoms with van der Waals surface area (Å²) >= 11 is 1.48. The molecule has 2 aromatic heterocycles. The van der Waals surface area contributed by atoms with Gasteiger partial charge in [-0.1, -0.05) is 6.07 Å². The van der Waals surface area contributed by atoms with E-state index in [-0.39, 0.29) is 11.5 Å². The number of rotatable bonds is 7. The normalized spacial score (nSPS) is 11.7. The summed E-state index contributed by atoms with van der Waals surface area (Å²) < 4.78 is 26.8. The monoisotopic (exact) mass is 390 g/mol. The first-order chi connectivity index (χ1) is 13.1. The van der Waals surface area contributed by atoms with Crippen LogP contribution in [0.15, 0.2) is 34.1 Å². The number of hydrogen-bond acceptors (Lipinski definition) is 9. The Hall–Kier alpha value is -3.07. The van der Waals surface area contributed by atoms with Crippen molar-refractivity contribution in [2.24, 2.45) is 0 Å². The topological polar surface area (TPSA) is 92.9 Å². The summed E-state index contributed by atoms with van der Waals surface area (Å²) in [6, 6.07) is 6.81. The van der Waals surface area contributed by atoms with Crippen LogP contribution in [0.5, 0.6) is 17.2 Å². The van der Waals surface area contributed by atoms with Crippen molar-refractivity contribution in [2.75, 3.05) is 21.3 Å². The largest absolute Gasteiger partial charge is 0.496 e. The fourth-order valence-corrected chi connectivity index (χ4v) is 3.01. The van der Waals surface area contributed by atoms with Gasteiger partial charge in [-0.25, -0.2) is 4.79 Å². The molecule has 2 heterocycles. The van der Waals surface area contributed by atoms with E-state index in [1.165, 1.54) is 38.7 Å². The molecule has 0 aliphatic heterocycles. The van der Waals surface area contributed by atoms with Crippen molar-refractivity contribution >= 4 is 17.3 Å². The maximum absolute atomic E-state index is 12.6. The average molecular weight is 390 g/mol. The molecule has 1 atom stereocenters. The number of methoxy groups -OCH3 is 3. The minimum absolute atomic E-state index is 0.194. The highest BCUT2D eigenvalue weighted by molar-refractivity contribution is 7.13. The molecule has 3 aromatic rings. The molecule has 8 nitrogen and oxygen atoms in total. The lowest BCUT2D eigenvalue weighted by Crippen LogP contribution is -2.11. The van der Waals surface area contributed by atoms with E-state index in [1.807, 2.05) is 17.5 Å². The second-order valence-corrected chi connectivity index (χ2v) is 6.33. The van der Waals surface area contributed by atoms with Gasteiger partial charge in [0.1, 0.15) is 11.3 Å². The quantitative estimate of drug-likeness (QED) is 0.563. The lowest BCUT2D eigenvalue weighted by Gasteiger charge is -2.15. The smallest absolute Gasteiger partial charge is 0.342 e. The van der Waals surface area contributed by atoms with Gasteiger partial charge < -0.3 is 23.4 Å². The van der Waals surface area contributed by atoms with Crippen molar-refractivity contribution in [2.45, 2.75) is 13.0 Å². The van der Waals surface area contributed by atoms with Gasteiger partial charge in [-0.3, -0.25) is 0 Å². The van der Waals surface area contributed by atoms with E-state index in [2.05, 4.69) is 10.2 Å². The number of benzene rings is 1. The molecule has 0 saturated heterocycles. The molecule has 27 heavy (non-hydrogen) atoms. The van der Waals surface area contributed by atoms with E-state index in [4.69, 9.17) is 23.4 Å². The van der Waals surface area contributed by atoms with Crippen LogP contribution in [-0.4, -0.2) is 37.5 Å². The summed E-state index contributed by atoms with van der Waals surface area (Å²) in [5.41, 5.74) is 0.194. The Labute approximate surface area is 159 Å². The fraction of sp³-hybridized carbons (Fsp3) is 0.278. The Morgan fingerprint density at radius 2 is 1.78 bits per heavy atom. The first-order valence-corrected chi connectivity index (χ1v) is 8.83. The van der Waals surface area contributed by atoms with Crippen LogP contribution in [0, 0.1) is 0 Å². The van der Waals surface area contributed by atoms with Gasteiger partial charge >= 0.3 is 5.97 Å². The van der Waals surface area contributed by atoms with Crippen LogP contribution in [0.1, 0.15) is 29.3 Å². The first kappa shape index (κ1) is 18.7. The third-order valence-corrected chi connectivity index (χ3v) is 4.59. The van der Waals surface area contributed by atoms with Crippen LogP contribution in [0.25, 0.3) is 10.8 Å². The zero-order valence-electron chi connectivity index (χ0n) is 15.2. The second-order valence-electron chi connectivity index (χ2n) is 5.38. The minimum atomic E-state index is -0.739. The Balaban J connectivity index is 1.80. The molecule has 3 rings (SSSR count). The molecule has 0 radical (unpaired) electrons. The van der Waals surface area contributed by atoms with E-state index in [0.717, 1.165) is 4.88 Å². The molecular weight excluding hydrogens is 372 g/mol. The second kappa shape index (κ2) is 8.09. The Bertz CT molecular complexity index is 922. The summed E-state index contributed by atoms with van der Waals surface area (Å²) in [7, 11) is 4.43. The van der Waals surface area contributed by atoms with Crippen molar-refractivity contribution in [1.82, 2.24) is 10.2 Å². The molecule has 0 amide bonds. The Morgan fingerprint density at radius 1 is 1.07 bits per heavy atom. The summed E-state index contributed by atoms with van der Waals surface area (Å²) in [4.78, 5) is 13.5. The molecule has 0 saturated carbocycles. The SMILES string of the molecule is COc1cc(OC)c(C(=O)O[C@H](C)c2nnc(-c3cccs3)o2)cc1OC. The zero-order chi connectivity index (χ0) is 19.4. The van der Waals surface area contributed by atoms with Crippen LogP contribution in [0.2, 0.25) is 0 Å². The van der Waals surface area contributed by atoms with Crippen molar-refractivity contribution in [3.05, 3.63) is 41.1 Å². The van der Waals surface area contributed by atoms with E-state index in [0.29, 0.717) is 23.1 Å². The third-order valence-electron chi connectivity index (χ3n) is 3.73. The van der Waals surface area contributed by atoms with Gasteiger partial charge in [0.2, 0.25) is 0 Å². The number of nitrogens with zero attached hydrogens (tertiary/aromatic N) is 2. The van der Waals surface area contributed by atoms with Crippen molar-refractivity contribution in [1.29, 1.82) is 0 Å². The molecule has 0 spiro atoms. The van der Waals surface area contributed by atoms with E-state index < -0.39 is 12.1 Å². The van der Waals surface area contributed by atoms with Crippen molar-refractivity contribution in [3.8, 4) is 28.0 Å².